The van der Waals surface area contributed by atoms with E-state index >= 15 is 0 Å². The number of aromatic nitrogens is 2. The third-order valence-corrected chi connectivity index (χ3v) is 7.77. The summed E-state index contributed by atoms with van der Waals surface area (Å²) in [4.78, 5) is 4.69. The van der Waals surface area contributed by atoms with Crippen LogP contribution < -0.4 is 4.90 Å². The first kappa shape index (κ1) is 26.5. The molecule has 1 atom stereocenters. The van der Waals surface area contributed by atoms with E-state index in [1.54, 1.807) is 23.1 Å². The van der Waals surface area contributed by atoms with Gasteiger partial charge in [0.2, 0.25) is 0 Å². The van der Waals surface area contributed by atoms with Gasteiger partial charge in [-0.15, -0.1) is 0 Å². The molecule has 2 aromatic carbocycles. The number of hydrogen-bond donors (Lipinski definition) is 0. The van der Waals surface area contributed by atoms with Crippen LogP contribution in [0, 0.1) is 11.3 Å². The van der Waals surface area contributed by atoms with Crippen molar-refractivity contribution in [2.45, 2.75) is 66.3 Å². The predicted molar refractivity (Wildman–Crippen MR) is 152 cm³/mol. The van der Waals surface area contributed by atoms with Crippen LogP contribution in [-0.4, -0.2) is 27.8 Å². The van der Waals surface area contributed by atoms with Crippen LogP contribution in [-0.2, 0) is 26.4 Å². The van der Waals surface area contributed by atoms with Crippen molar-refractivity contribution >= 4 is 11.4 Å². The van der Waals surface area contributed by atoms with Gasteiger partial charge in [0.1, 0.15) is 0 Å². The van der Waals surface area contributed by atoms with Crippen molar-refractivity contribution in [2.24, 2.45) is 18.4 Å². The average Bonchev–Trinajstić information content (AvgIpc) is 3.20. The third-order valence-electron chi connectivity index (χ3n) is 7.77. The average molecular weight is 519 g/mol. The topological polar surface area (TPSA) is 24.3 Å². The number of nitrogens with zero attached hydrogens (tertiary/aromatic N) is 4. The van der Waals surface area contributed by atoms with Gasteiger partial charge in [-0.3, -0.25) is 4.68 Å². The van der Waals surface area contributed by atoms with Gasteiger partial charge in [0.25, 0.3) is 6.43 Å². The van der Waals surface area contributed by atoms with Gasteiger partial charge in [-0.1, -0.05) is 40.3 Å². The molecular formula is C32H40F2N4. The van der Waals surface area contributed by atoms with E-state index in [4.69, 9.17) is 0 Å². The molecule has 0 saturated heterocycles. The summed E-state index contributed by atoms with van der Waals surface area (Å²) in [5.41, 5.74) is 8.54. The molecule has 1 aromatic heterocycles. The number of alkyl halides is 2. The molecular weight excluding hydrogens is 478 g/mol. The summed E-state index contributed by atoms with van der Waals surface area (Å²) >= 11 is 0. The number of rotatable bonds is 5. The summed E-state index contributed by atoms with van der Waals surface area (Å²) in [6.45, 7) is 16.2. The fourth-order valence-electron chi connectivity index (χ4n) is 6.09. The molecule has 0 saturated carbocycles. The van der Waals surface area contributed by atoms with Crippen LogP contribution in [0.15, 0.2) is 55.0 Å². The van der Waals surface area contributed by atoms with Crippen molar-refractivity contribution < 1.29 is 8.78 Å². The van der Waals surface area contributed by atoms with Gasteiger partial charge in [0.05, 0.1) is 6.20 Å². The van der Waals surface area contributed by atoms with Crippen LogP contribution in [0.1, 0.15) is 69.2 Å². The van der Waals surface area contributed by atoms with E-state index in [2.05, 4.69) is 67.4 Å². The highest BCUT2D eigenvalue weighted by Crippen LogP contribution is 2.42. The second kappa shape index (κ2) is 10.2. The van der Waals surface area contributed by atoms with Crippen molar-refractivity contribution in [3.05, 3.63) is 77.3 Å². The Balaban J connectivity index is 1.51. The first-order valence-electron chi connectivity index (χ1n) is 13.7. The summed E-state index contributed by atoms with van der Waals surface area (Å²) in [6.07, 6.45) is 4.78. The number of aryl methyl sites for hydroxylation is 2. The Bertz CT molecular complexity index is 1330. The number of anilines is 2. The van der Waals surface area contributed by atoms with E-state index < -0.39 is 6.43 Å². The first-order chi connectivity index (χ1) is 18.0. The minimum atomic E-state index is -2.56. The number of allylic oxidation sites excluding steroid dienone is 1. The van der Waals surface area contributed by atoms with Crippen LogP contribution >= 0.6 is 0 Å². The second-order valence-corrected chi connectivity index (χ2v) is 12.5. The van der Waals surface area contributed by atoms with E-state index in [1.165, 1.54) is 16.8 Å². The normalized spacial score (nSPS) is 17.8. The molecule has 0 fully saturated rings. The zero-order valence-electron chi connectivity index (χ0n) is 23.4. The lowest BCUT2D eigenvalue weighted by atomic mass is 9.90. The first-order valence-corrected chi connectivity index (χ1v) is 13.7. The Morgan fingerprint density at radius 1 is 1.13 bits per heavy atom. The Morgan fingerprint density at radius 2 is 1.92 bits per heavy atom. The molecule has 3 aromatic rings. The molecule has 0 amide bonds. The van der Waals surface area contributed by atoms with E-state index in [0.717, 1.165) is 67.8 Å². The monoisotopic (exact) mass is 518 g/mol. The summed E-state index contributed by atoms with van der Waals surface area (Å²) < 4.78 is 30.3. The fourth-order valence-corrected chi connectivity index (χ4v) is 6.09. The standard InChI is InChI=1S/C32H40F2N4/c1-21-12-23-9-10-27(13-25(23)20-37(18-21)22(2)16-32(3,4)5)38-11-7-8-24-14-28(26-17-35-36(6)19-26)29(31(33)34)15-30(24)38/h9-10,13-15,17,19,21,31H,2,7-8,11-12,16,18,20H2,1,3-6H3. The molecule has 0 N–H and O–H groups in total. The van der Waals surface area contributed by atoms with Gasteiger partial charge in [-0.2, -0.15) is 5.10 Å². The van der Waals surface area contributed by atoms with Crippen molar-refractivity contribution in [2.75, 3.05) is 18.0 Å². The quantitative estimate of drug-likeness (QED) is 0.341. The molecule has 0 radical (unpaired) electrons. The molecule has 2 aliphatic rings. The van der Waals surface area contributed by atoms with E-state index in [9.17, 15) is 8.78 Å². The molecule has 0 aliphatic carbocycles. The minimum Gasteiger partial charge on any atom is -0.371 e. The number of hydrogen-bond acceptors (Lipinski definition) is 3. The molecule has 2 aliphatic heterocycles. The predicted octanol–water partition coefficient (Wildman–Crippen LogP) is 8.05. The van der Waals surface area contributed by atoms with Gasteiger partial charge >= 0.3 is 0 Å². The lowest BCUT2D eigenvalue weighted by Gasteiger charge is -2.34. The Labute approximate surface area is 226 Å². The maximum Gasteiger partial charge on any atom is 0.264 e. The molecule has 202 valence electrons. The zero-order chi connectivity index (χ0) is 27.2. The van der Waals surface area contributed by atoms with Gasteiger partial charge < -0.3 is 9.80 Å². The van der Waals surface area contributed by atoms with Crippen molar-refractivity contribution in [1.29, 1.82) is 0 Å². The molecule has 38 heavy (non-hydrogen) atoms. The number of halogens is 2. The Morgan fingerprint density at radius 3 is 2.61 bits per heavy atom. The fraction of sp³-hybridized carbons (Fsp3) is 0.469. The Kier molecular flexibility index (Phi) is 7.10. The molecule has 6 heteroatoms. The van der Waals surface area contributed by atoms with Crippen LogP contribution in [0.2, 0.25) is 0 Å². The Hall–Kier alpha value is -3.15. The summed E-state index contributed by atoms with van der Waals surface area (Å²) in [5.74, 6) is 0.536. The van der Waals surface area contributed by atoms with Crippen LogP contribution in [0.4, 0.5) is 20.2 Å². The molecule has 1 unspecified atom stereocenters. The van der Waals surface area contributed by atoms with Crippen LogP contribution in [0.25, 0.3) is 11.1 Å². The largest absolute Gasteiger partial charge is 0.371 e. The number of benzene rings is 2. The highest BCUT2D eigenvalue weighted by molar-refractivity contribution is 5.77. The zero-order valence-corrected chi connectivity index (χ0v) is 23.4. The van der Waals surface area contributed by atoms with E-state index in [-0.39, 0.29) is 11.0 Å². The molecule has 0 bridgehead atoms. The molecule has 3 heterocycles. The van der Waals surface area contributed by atoms with Crippen LogP contribution in [0.5, 0.6) is 0 Å². The SMILES string of the molecule is C=C(CC(C)(C)C)N1Cc2cc(N3CCCc4cc(-c5cnn(C)c5)c(C(F)F)cc43)ccc2CC(C)C1. The van der Waals surface area contributed by atoms with Gasteiger partial charge in [-0.05, 0) is 83.5 Å². The van der Waals surface area contributed by atoms with Crippen molar-refractivity contribution in [3.8, 4) is 11.1 Å². The minimum absolute atomic E-state index is 0.0666. The highest BCUT2D eigenvalue weighted by Gasteiger charge is 2.27. The lowest BCUT2D eigenvalue weighted by Crippen LogP contribution is -2.28. The summed E-state index contributed by atoms with van der Waals surface area (Å²) in [5, 5.41) is 4.21. The molecule has 0 spiro atoms. The maximum absolute atomic E-state index is 14.3. The maximum atomic E-state index is 14.3. The van der Waals surface area contributed by atoms with Crippen molar-refractivity contribution in [3.63, 3.8) is 0 Å². The smallest absolute Gasteiger partial charge is 0.264 e. The second-order valence-electron chi connectivity index (χ2n) is 12.5. The van der Waals surface area contributed by atoms with E-state index in [0.29, 0.717) is 11.5 Å². The highest BCUT2D eigenvalue weighted by atomic mass is 19.3. The number of fused-ring (bicyclic) bond motifs is 2. The third kappa shape index (κ3) is 5.50. The summed E-state index contributed by atoms with van der Waals surface area (Å²) in [7, 11) is 1.81. The van der Waals surface area contributed by atoms with Gasteiger partial charge in [0, 0.05) is 61.1 Å². The van der Waals surface area contributed by atoms with Crippen molar-refractivity contribution in [1.82, 2.24) is 14.7 Å². The summed E-state index contributed by atoms with van der Waals surface area (Å²) in [6, 6.07) is 10.4. The van der Waals surface area contributed by atoms with Gasteiger partial charge in [-0.25, -0.2) is 8.78 Å². The molecule has 4 nitrogen and oxygen atoms in total. The molecule has 5 rings (SSSR count). The lowest BCUT2D eigenvalue weighted by molar-refractivity contribution is 0.152. The van der Waals surface area contributed by atoms with E-state index in [1.807, 2.05) is 13.1 Å². The van der Waals surface area contributed by atoms with Gasteiger partial charge in [0.15, 0.2) is 0 Å². The van der Waals surface area contributed by atoms with Crippen LogP contribution in [0.3, 0.4) is 0 Å².